The van der Waals surface area contributed by atoms with E-state index in [-0.39, 0.29) is 12.0 Å². The van der Waals surface area contributed by atoms with Crippen LogP contribution in [0.4, 0.5) is 0 Å². The van der Waals surface area contributed by atoms with Gasteiger partial charge in [-0.2, -0.15) is 0 Å². The third-order valence-electron chi connectivity index (χ3n) is 11.9. The van der Waals surface area contributed by atoms with Crippen molar-refractivity contribution in [2.75, 3.05) is 19.0 Å². The number of rotatable bonds is 4. The maximum atomic E-state index is 12.2. The fourth-order valence-electron chi connectivity index (χ4n) is 9.82. The van der Waals surface area contributed by atoms with Gasteiger partial charge >= 0.3 is 0 Å². The zero-order chi connectivity index (χ0) is 24.3. The molecule has 2 N–H and O–H groups in total. The maximum Gasteiger partial charge on any atom is 0.0725 e. The molecule has 0 radical (unpaired) electrons. The van der Waals surface area contributed by atoms with E-state index < -0.39 is 5.60 Å². The molecule has 4 aliphatic carbocycles. The number of nitrogens with zero attached hydrogens (tertiary/aromatic N) is 1. The highest BCUT2D eigenvalue weighted by molar-refractivity contribution is 6.18. The van der Waals surface area contributed by atoms with Crippen LogP contribution < -0.4 is 0 Å². The molecular formula is C30H50ClNO2. The summed E-state index contributed by atoms with van der Waals surface area (Å²) in [5.41, 5.74) is 3.05. The molecule has 5 rings (SSSR count). The smallest absolute Gasteiger partial charge is 0.0725 e. The average molecular weight is 492 g/mol. The highest BCUT2D eigenvalue weighted by atomic mass is 35.5. The van der Waals surface area contributed by atoms with Gasteiger partial charge in [-0.1, -0.05) is 31.9 Å². The van der Waals surface area contributed by atoms with Crippen LogP contribution in [0.15, 0.2) is 11.1 Å². The number of likely N-dealkylation sites (tertiary alicyclic amines) is 1. The highest BCUT2D eigenvalue weighted by Gasteiger charge is 2.57. The third kappa shape index (κ3) is 4.33. The number of alkyl halides is 1. The van der Waals surface area contributed by atoms with E-state index in [9.17, 15) is 10.2 Å². The van der Waals surface area contributed by atoms with Crippen LogP contribution in [0.1, 0.15) is 98.3 Å². The number of allylic oxidation sites excluding steroid dienone is 1. The van der Waals surface area contributed by atoms with Crippen LogP contribution in [0.25, 0.3) is 0 Å². The first-order chi connectivity index (χ1) is 16.2. The third-order valence-corrected chi connectivity index (χ3v) is 12.1. The number of hydrogen-bond donors (Lipinski definition) is 2. The van der Waals surface area contributed by atoms with Gasteiger partial charge in [-0.05, 0) is 113 Å². The van der Waals surface area contributed by atoms with Crippen molar-refractivity contribution in [1.82, 2.24) is 4.90 Å². The number of hydrogen-bond acceptors (Lipinski definition) is 3. The van der Waals surface area contributed by atoms with Crippen LogP contribution in [-0.2, 0) is 0 Å². The van der Waals surface area contributed by atoms with Crippen molar-refractivity contribution >= 4 is 11.6 Å². The van der Waals surface area contributed by atoms with Gasteiger partial charge in [-0.3, -0.25) is 4.90 Å². The van der Waals surface area contributed by atoms with Crippen molar-refractivity contribution < 1.29 is 10.2 Å². The number of aliphatic hydroxyl groups excluding tert-OH is 1. The van der Waals surface area contributed by atoms with Crippen LogP contribution >= 0.6 is 11.6 Å². The van der Waals surface area contributed by atoms with Crippen LogP contribution in [0.5, 0.6) is 0 Å². The normalized spacial score (nSPS) is 48.6. The lowest BCUT2D eigenvalue weighted by Crippen LogP contribution is -2.53. The lowest BCUT2D eigenvalue weighted by molar-refractivity contribution is -0.0775. The molecule has 0 aromatic rings. The Balaban J connectivity index is 1.36. The van der Waals surface area contributed by atoms with E-state index >= 15 is 0 Å². The first kappa shape index (κ1) is 25.6. The van der Waals surface area contributed by atoms with Gasteiger partial charge in [0.25, 0.3) is 0 Å². The zero-order valence-electron chi connectivity index (χ0n) is 22.2. The van der Waals surface area contributed by atoms with Crippen molar-refractivity contribution in [2.24, 2.45) is 40.9 Å². The van der Waals surface area contributed by atoms with Gasteiger partial charge in [0.15, 0.2) is 0 Å². The summed E-state index contributed by atoms with van der Waals surface area (Å²) in [5.74, 6) is 4.66. The van der Waals surface area contributed by atoms with Crippen molar-refractivity contribution in [3.05, 3.63) is 11.1 Å². The van der Waals surface area contributed by atoms with Gasteiger partial charge in [-0.25, -0.2) is 0 Å². The maximum absolute atomic E-state index is 12.2. The minimum atomic E-state index is -0.594. The predicted octanol–water partition coefficient (Wildman–Crippen LogP) is 6.41. The molecule has 194 valence electrons. The second-order valence-electron chi connectivity index (χ2n) is 13.6. The molecule has 0 aromatic carbocycles. The highest BCUT2D eigenvalue weighted by Crippen LogP contribution is 2.64. The molecule has 4 fully saturated rings. The van der Waals surface area contributed by atoms with Crippen LogP contribution in [0, 0.1) is 40.9 Å². The van der Waals surface area contributed by atoms with Crippen molar-refractivity contribution in [3.63, 3.8) is 0 Å². The summed E-state index contributed by atoms with van der Waals surface area (Å²) in [6.07, 6.45) is 12.5. The van der Waals surface area contributed by atoms with Crippen molar-refractivity contribution in [1.29, 1.82) is 0 Å². The molecule has 4 heteroatoms. The molecule has 34 heavy (non-hydrogen) atoms. The molecule has 3 nitrogen and oxygen atoms in total. The Labute approximate surface area is 213 Å². The first-order valence-corrected chi connectivity index (χ1v) is 15.1. The standard InChI is InChI=1S/C30H50ClNO2/c1-19-5-8-28(32(18-19)14-13-31)21(3)30(34)12-10-24-25-7-6-22-15-23(33)9-11-29(22,4)27(25)16-26(24)20(2)17-30/h19,21-25,27-28,33-34H,5-18H2,1-4H3/t19-,21+,22?,23-,24-,25-,27-,28+,29-,30-/m0/s1. The summed E-state index contributed by atoms with van der Waals surface area (Å²) < 4.78 is 0. The van der Waals surface area contributed by atoms with Gasteiger partial charge in [0, 0.05) is 30.9 Å². The predicted molar refractivity (Wildman–Crippen MR) is 141 cm³/mol. The molecule has 5 aliphatic rings. The first-order valence-electron chi connectivity index (χ1n) is 14.5. The minimum Gasteiger partial charge on any atom is -0.393 e. The Hall–Kier alpha value is -0.0900. The van der Waals surface area contributed by atoms with Gasteiger partial charge in [0.2, 0.25) is 0 Å². The molecule has 0 amide bonds. The Morgan fingerprint density at radius 2 is 1.91 bits per heavy atom. The summed E-state index contributed by atoms with van der Waals surface area (Å²) in [5, 5.41) is 22.5. The van der Waals surface area contributed by atoms with E-state index in [4.69, 9.17) is 11.6 Å². The van der Waals surface area contributed by atoms with Crippen LogP contribution in [-0.4, -0.2) is 51.8 Å². The van der Waals surface area contributed by atoms with E-state index in [0.717, 1.165) is 62.9 Å². The summed E-state index contributed by atoms with van der Waals surface area (Å²) in [6, 6.07) is 0.450. The summed E-state index contributed by atoms with van der Waals surface area (Å²) in [7, 11) is 0. The number of fused-ring (bicyclic) bond motifs is 5. The number of halogens is 1. The monoisotopic (exact) mass is 491 g/mol. The van der Waals surface area contributed by atoms with Crippen molar-refractivity contribution in [2.45, 2.75) is 116 Å². The SMILES string of the molecule is CC1=C2C[C@H]3[C@@H](CCC4C[C@@H](O)CC[C@@]43C)[C@@H]2CC[C@@](O)([C@H](C)[C@H]2CC[C@H](C)CN2CCCl)C1. The molecule has 0 bridgehead atoms. The summed E-state index contributed by atoms with van der Waals surface area (Å²) in [4.78, 5) is 2.59. The van der Waals surface area contributed by atoms with E-state index in [1.807, 2.05) is 0 Å². The summed E-state index contributed by atoms with van der Waals surface area (Å²) >= 11 is 6.19. The Morgan fingerprint density at radius 1 is 1.12 bits per heavy atom. The fourth-order valence-corrected chi connectivity index (χ4v) is 10.0. The molecule has 0 spiro atoms. The topological polar surface area (TPSA) is 43.7 Å². The molecular weight excluding hydrogens is 442 g/mol. The fraction of sp³-hybridized carbons (Fsp3) is 0.933. The van der Waals surface area contributed by atoms with Gasteiger partial charge in [0.1, 0.15) is 0 Å². The van der Waals surface area contributed by atoms with E-state index in [2.05, 4.69) is 32.6 Å². The van der Waals surface area contributed by atoms with E-state index in [1.165, 1.54) is 44.1 Å². The molecule has 1 heterocycles. The van der Waals surface area contributed by atoms with Crippen molar-refractivity contribution in [3.8, 4) is 0 Å². The Morgan fingerprint density at radius 3 is 2.68 bits per heavy atom. The molecule has 1 aliphatic heterocycles. The quantitative estimate of drug-likeness (QED) is 0.353. The Bertz CT molecular complexity index is 784. The van der Waals surface area contributed by atoms with Crippen LogP contribution in [0.3, 0.4) is 0 Å². The second kappa shape index (κ2) is 9.66. The number of aliphatic hydroxyl groups is 2. The minimum absolute atomic E-state index is 0.0694. The lowest BCUT2D eigenvalue weighted by Gasteiger charge is -2.53. The summed E-state index contributed by atoms with van der Waals surface area (Å²) in [6.45, 7) is 11.7. The number of piperidine rings is 1. The average Bonchev–Trinajstić information content (AvgIpc) is 3.12. The largest absolute Gasteiger partial charge is 0.393 e. The lowest BCUT2D eigenvalue weighted by atomic mass is 9.52. The van der Waals surface area contributed by atoms with E-state index in [0.29, 0.717) is 29.2 Å². The van der Waals surface area contributed by atoms with Crippen LogP contribution in [0.2, 0.25) is 0 Å². The van der Waals surface area contributed by atoms with Gasteiger partial charge in [0.05, 0.1) is 11.7 Å². The van der Waals surface area contributed by atoms with E-state index in [1.54, 1.807) is 5.57 Å². The molecule has 1 unspecified atom stereocenters. The molecule has 3 saturated carbocycles. The zero-order valence-corrected chi connectivity index (χ0v) is 23.0. The Kier molecular flexibility index (Phi) is 7.26. The molecule has 10 atom stereocenters. The second-order valence-corrected chi connectivity index (χ2v) is 14.0. The molecule has 1 saturated heterocycles. The van der Waals surface area contributed by atoms with Gasteiger partial charge < -0.3 is 10.2 Å². The molecule has 0 aromatic heterocycles. The van der Waals surface area contributed by atoms with Gasteiger partial charge in [-0.15, -0.1) is 11.6 Å².